The molecule has 3 aliphatic heterocycles. The van der Waals surface area contributed by atoms with Gasteiger partial charge in [-0.05, 0) is 70.2 Å². The second kappa shape index (κ2) is 11.2. The molecule has 4 fully saturated rings. The van der Waals surface area contributed by atoms with Crippen LogP contribution in [0.4, 0.5) is 19.0 Å². The van der Waals surface area contributed by atoms with Crippen LogP contribution in [0.1, 0.15) is 56.8 Å². The third kappa shape index (κ3) is 5.63. The molecule has 2 amide bonds. The summed E-state index contributed by atoms with van der Waals surface area (Å²) in [6, 6.07) is 3.20. The van der Waals surface area contributed by atoms with Crippen LogP contribution in [0.5, 0.6) is 11.6 Å². The van der Waals surface area contributed by atoms with Gasteiger partial charge in [-0.15, -0.1) is 10.2 Å². The first-order valence-corrected chi connectivity index (χ1v) is 15.1. The molecular weight excluding hydrogens is 563 g/mol. The van der Waals surface area contributed by atoms with Crippen molar-refractivity contribution in [2.24, 2.45) is 17.3 Å². The normalized spacial score (nSPS) is 25.5. The number of ether oxygens (including phenoxy) is 1. The fourth-order valence-corrected chi connectivity index (χ4v) is 7.37. The number of likely N-dealkylation sites (tertiary alicyclic amines) is 1. The third-order valence-electron chi connectivity index (χ3n) is 9.66. The molecule has 0 radical (unpaired) electrons. The van der Waals surface area contributed by atoms with E-state index in [0.717, 1.165) is 12.8 Å². The van der Waals surface area contributed by atoms with Crippen LogP contribution in [0.15, 0.2) is 24.5 Å². The Kier molecular flexibility index (Phi) is 7.72. The summed E-state index contributed by atoms with van der Waals surface area (Å²) in [5, 5.41) is 11.2. The van der Waals surface area contributed by atoms with E-state index < -0.39 is 17.8 Å². The summed E-state index contributed by atoms with van der Waals surface area (Å²) in [6.45, 7) is 9.08. The molecule has 3 atom stereocenters. The van der Waals surface area contributed by atoms with Crippen molar-refractivity contribution in [3.05, 3.63) is 35.9 Å². The van der Waals surface area contributed by atoms with E-state index in [1.165, 1.54) is 24.5 Å². The number of anilines is 1. The van der Waals surface area contributed by atoms with E-state index in [1.807, 2.05) is 30.6 Å². The molecule has 1 saturated carbocycles. The lowest BCUT2D eigenvalue weighted by molar-refractivity contribution is -0.137. The number of rotatable bonds is 7. The maximum absolute atomic E-state index is 14.2. The van der Waals surface area contributed by atoms with Gasteiger partial charge in [0, 0.05) is 57.0 Å². The van der Waals surface area contributed by atoms with E-state index in [1.54, 1.807) is 4.90 Å². The van der Waals surface area contributed by atoms with Gasteiger partial charge in [0.1, 0.15) is 17.9 Å². The van der Waals surface area contributed by atoms with Gasteiger partial charge in [0.2, 0.25) is 11.8 Å². The van der Waals surface area contributed by atoms with Crippen molar-refractivity contribution >= 4 is 17.6 Å². The molecule has 1 aromatic carbocycles. The predicted molar refractivity (Wildman–Crippen MR) is 152 cm³/mol. The van der Waals surface area contributed by atoms with Crippen LogP contribution in [0.3, 0.4) is 0 Å². The first-order valence-electron chi connectivity index (χ1n) is 15.1. The van der Waals surface area contributed by atoms with Crippen molar-refractivity contribution in [1.82, 2.24) is 30.3 Å². The van der Waals surface area contributed by atoms with Crippen LogP contribution >= 0.6 is 0 Å². The maximum atomic E-state index is 14.2. The van der Waals surface area contributed by atoms with Crippen LogP contribution < -0.4 is 15.0 Å². The standard InChI is InChI=1S/C30H38F3N7O3/c1-4-40(18(2)3)27(41)21-11-20(31)5-6-23(21)43-26-25(35-17-36-37-26)39-15-29(16-39)7-9-38(10-8-29)28(42)24-22-13-30(32,33)12-19(22)14-34-24/h5-6,11,17-19,22,24,34H,4,7-10,12-16H2,1-3H3/t19-,22-,24+/m0/s1. The zero-order valence-electron chi connectivity index (χ0n) is 24.7. The number of piperidine rings is 1. The zero-order chi connectivity index (χ0) is 30.5. The lowest BCUT2D eigenvalue weighted by atomic mass is 9.72. The number of hydrogen-bond donors (Lipinski definition) is 1. The molecule has 2 aromatic rings. The fraction of sp³-hybridized carbons (Fsp3) is 0.633. The highest BCUT2D eigenvalue weighted by molar-refractivity contribution is 5.97. The summed E-state index contributed by atoms with van der Waals surface area (Å²) in [7, 11) is 0. The number of halogens is 3. The molecule has 1 N–H and O–H groups in total. The first kappa shape index (κ1) is 29.6. The topological polar surface area (TPSA) is 104 Å². The van der Waals surface area contributed by atoms with Crippen LogP contribution in [0.2, 0.25) is 0 Å². The monoisotopic (exact) mass is 601 g/mol. The van der Waals surface area contributed by atoms with Gasteiger partial charge in [-0.1, -0.05) is 0 Å². The molecule has 10 nitrogen and oxygen atoms in total. The highest BCUT2D eigenvalue weighted by Gasteiger charge is 2.55. The summed E-state index contributed by atoms with van der Waals surface area (Å²) >= 11 is 0. The smallest absolute Gasteiger partial charge is 0.282 e. The van der Waals surface area contributed by atoms with E-state index in [-0.39, 0.29) is 65.1 Å². The SMILES string of the molecule is CCN(C(=O)c1cc(F)ccc1Oc1nncnc1N1CC2(CCN(C(=O)[C@@H]3NC[C@@H]4CC(F)(F)C[C@@H]43)CC2)C1)C(C)C. The van der Waals surface area contributed by atoms with Crippen molar-refractivity contribution < 1.29 is 27.5 Å². The number of benzene rings is 1. The Morgan fingerprint density at radius 2 is 1.93 bits per heavy atom. The second-order valence-corrected chi connectivity index (χ2v) is 12.8. The van der Waals surface area contributed by atoms with Crippen molar-refractivity contribution in [2.45, 2.75) is 64.5 Å². The quantitative estimate of drug-likeness (QED) is 0.512. The maximum Gasteiger partial charge on any atom is 0.282 e. The van der Waals surface area contributed by atoms with Gasteiger partial charge >= 0.3 is 0 Å². The molecule has 43 heavy (non-hydrogen) atoms. The molecule has 3 saturated heterocycles. The summed E-state index contributed by atoms with van der Waals surface area (Å²) in [5.74, 6) is -3.30. The van der Waals surface area contributed by atoms with Gasteiger partial charge in [0.05, 0.1) is 11.6 Å². The van der Waals surface area contributed by atoms with Crippen molar-refractivity contribution in [1.29, 1.82) is 0 Å². The molecular formula is C30H38F3N7O3. The number of nitrogens with one attached hydrogen (secondary N) is 1. The van der Waals surface area contributed by atoms with Crippen molar-refractivity contribution in [3.63, 3.8) is 0 Å². The summed E-state index contributed by atoms with van der Waals surface area (Å²) < 4.78 is 48.2. The Bertz CT molecular complexity index is 1380. The molecule has 4 aliphatic rings. The number of hydrogen-bond acceptors (Lipinski definition) is 8. The average Bonchev–Trinajstić information content (AvgIpc) is 3.47. The number of carbonyl (C=O) groups excluding carboxylic acids is 2. The Morgan fingerprint density at radius 1 is 1.19 bits per heavy atom. The van der Waals surface area contributed by atoms with Gasteiger partial charge in [-0.3, -0.25) is 9.59 Å². The fourth-order valence-electron chi connectivity index (χ4n) is 7.37. The molecule has 13 heteroatoms. The zero-order valence-corrected chi connectivity index (χ0v) is 24.7. The Hall–Kier alpha value is -3.48. The minimum Gasteiger partial charge on any atom is -0.434 e. The average molecular weight is 602 g/mol. The largest absolute Gasteiger partial charge is 0.434 e. The lowest BCUT2D eigenvalue weighted by Crippen LogP contribution is -2.62. The highest BCUT2D eigenvalue weighted by atomic mass is 19.3. The molecule has 0 unspecified atom stereocenters. The predicted octanol–water partition coefficient (Wildman–Crippen LogP) is 3.74. The van der Waals surface area contributed by atoms with E-state index in [4.69, 9.17) is 4.74 Å². The van der Waals surface area contributed by atoms with Crippen LogP contribution in [-0.2, 0) is 4.79 Å². The molecule has 6 rings (SSSR count). The number of amides is 2. The number of nitrogens with zero attached hydrogens (tertiary/aromatic N) is 6. The Balaban J connectivity index is 1.10. The van der Waals surface area contributed by atoms with E-state index in [9.17, 15) is 22.8 Å². The minimum absolute atomic E-state index is 0.0130. The molecule has 1 spiro atoms. The first-order chi connectivity index (χ1) is 20.5. The lowest BCUT2D eigenvalue weighted by Gasteiger charge is -2.54. The molecule has 4 heterocycles. The van der Waals surface area contributed by atoms with Gasteiger partial charge in [-0.25, -0.2) is 18.2 Å². The number of alkyl halides is 2. The molecule has 1 aromatic heterocycles. The molecule has 0 bridgehead atoms. The molecule has 1 aliphatic carbocycles. The molecule has 232 valence electrons. The Morgan fingerprint density at radius 3 is 2.63 bits per heavy atom. The number of carbonyl (C=O) groups is 2. The van der Waals surface area contributed by atoms with Crippen LogP contribution in [0.25, 0.3) is 0 Å². The van der Waals surface area contributed by atoms with Crippen LogP contribution in [0, 0.1) is 23.1 Å². The van der Waals surface area contributed by atoms with E-state index >= 15 is 0 Å². The second-order valence-electron chi connectivity index (χ2n) is 12.8. The van der Waals surface area contributed by atoms with Gasteiger partial charge in [-0.2, -0.15) is 0 Å². The van der Waals surface area contributed by atoms with Gasteiger partial charge in [0.25, 0.3) is 11.8 Å². The Labute approximate surface area is 249 Å². The third-order valence-corrected chi connectivity index (χ3v) is 9.66. The summed E-state index contributed by atoms with van der Waals surface area (Å²) in [5.41, 5.74) is 0.0784. The summed E-state index contributed by atoms with van der Waals surface area (Å²) in [4.78, 5) is 36.4. The van der Waals surface area contributed by atoms with Gasteiger partial charge in [0.15, 0.2) is 5.82 Å². The van der Waals surface area contributed by atoms with E-state index in [2.05, 4.69) is 20.5 Å². The highest BCUT2D eigenvalue weighted by Crippen LogP contribution is 2.48. The van der Waals surface area contributed by atoms with E-state index in [0.29, 0.717) is 45.1 Å². The number of aromatic nitrogens is 3. The minimum atomic E-state index is -2.67. The van der Waals surface area contributed by atoms with Crippen molar-refractivity contribution in [3.8, 4) is 11.6 Å². The van der Waals surface area contributed by atoms with Crippen molar-refractivity contribution in [2.75, 3.05) is 44.2 Å². The van der Waals surface area contributed by atoms with Crippen LogP contribution in [-0.4, -0.2) is 94.1 Å². The number of fused-ring (bicyclic) bond motifs is 1. The summed E-state index contributed by atoms with van der Waals surface area (Å²) in [6.07, 6.45) is 2.56. The van der Waals surface area contributed by atoms with Gasteiger partial charge < -0.3 is 24.8 Å².